The maximum Gasteiger partial charge on any atom is 0.250 e. The molecule has 2 aromatic rings. The minimum atomic E-state index is -0.380. The molecule has 0 radical (unpaired) electrons. The molecule has 0 aliphatic heterocycles. The first kappa shape index (κ1) is 10.9. The molecule has 1 heterocycles. The Morgan fingerprint density at radius 3 is 2.75 bits per heavy atom. The van der Waals surface area contributed by atoms with Gasteiger partial charge in [0.25, 0.3) is 5.56 Å². The molecule has 0 amide bonds. The van der Waals surface area contributed by atoms with Gasteiger partial charge in [0.05, 0.1) is 6.54 Å². The van der Waals surface area contributed by atoms with Crippen molar-refractivity contribution in [2.24, 2.45) is 0 Å². The molecule has 1 aromatic carbocycles. The predicted octanol–water partition coefficient (Wildman–Crippen LogP) is 2.69. The standard InChI is InChI=1S/C12H9ClFNO/c13-11-7-10(14)5-4-9(11)8-15-6-2-1-3-12(15)16/h1-7H,8H2. The van der Waals surface area contributed by atoms with Crippen molar-refractivity contribution in [3.8, 4) is 0 Å². The third-order valence-corrected chi connectivity index (χ3v) is 2.61. The molecule has 2 nitrogen and oxygen atoms in total. The summed E-state index contributed by atoms with van der Waals surface area (Å²) < 4.78 is 14.3. The summed E-state index contributed by atoms with van der Waals surface area (Å²) in [5.74, 6) is -0.380. The van der Waals surface area contributed by atoms with E-state index in [0.29, 0.717) is 11.6 Å². The van der Waals surface area contributed by atoms with Crippen molar-refractivity contribution in [1.82, 2.24) is 4.57 Å². The minimum Gasteiger partial charge on any atom is -0.311 e. The number of benzene rings is 1. The van der Waals surface area contributed by atoms with E-state index in [9.17, 15) is 9.18 Å². The number of halogens is 2. The van der Waals surface area contributed by atoms with Crippen LogP contribution in [0, 0.1) is 5.82 Å². The van der Waals surface area contributed by atoms with Gasteiger partial charge in [-0.25, -0.2) is 4.39 Å². The maximum absolute atomic E-state index is 12.8. The molecule has 0 bridgehead atoms. The summed E-state index contributed by atoms with van der Waals surface area (Å²) in [6, 6.07) is 9.05. The topological polar surface area (TPSA) is 22.0 Å². The molecule has 1 aromatic heterocycles. The Hall–Kier alpha value is -1.61. The van der Waals surface area contributed by atoms with Crippen molar-refractivity contribution >= 4 is 11.6 Å². The zero-order valence-corrected chi connectivity index (χ0v) is 9.12. The van der Waals surface area contributed by atoms with E-state index in [1.165, 1.54) is 22.8 Å². The van der Waals surface area contributed by atoms with E-state index in [0.717, 1.165) is 5.56 Å². The van der Waals surface area contributed by atoms with Crippen LogP contribution in [0.5, 0.6) is 0 Å². The van der Waals surface area contributed by atoms with Crippen molar-refractivity contribution in [2.45, 2.75) is 6.54 Å². The molecule has 0 aliphatic rings. The Balaban J connectivity index is 2.35. The Morgan fingerprint density at radius 2 is 2.06 bits per heavy atom. The lowest BCUT2D eigenvalue weighted by Crippen LogP contribution is -2.18. The van der Waals surface area contributed by atoms with Crippen molar-refractivity contribution in [2.75, 3.05) is 0 Å². The molecule has 0 unspecified atom stereocenters. The molecule has 0 saturated carbocycles. The van der Waals surface area contributed by atoms with Gasteiger partial charge in [0.15, 0.2) is 0 Å². The van der Waals surface area contributed by atoms with Crippen LogP contribution in [0.25, 0.3) is 0 Å². The van der Waals surface area contributed by atoms with Gasteiger partial charge in [-0.1, -0.05) is 23.7 Å². The van der Waals surface area contributed by atoms with Crippen molar-refractivity contribution in [3.05, 3.63) is 69.4 Å². The molecule has 0 spiro atoms. The summed E-state index contributed by atoms with van der Waals surface area (Å²) in [4.78, 5) is 11.4. The predicted molar refractivity (Wildman–Crippen MR) is 61.2 cm³/mol. The van der Waals surface area contributed by atoms with E-state index in [-0.39, 0.29) is 11.4 Å². The average Bonchev–Trinajstić information content (AvgIpc) is 2.25. The quantitative estimate of drug-likeness (QED) is 0.787. The van der Waals surface area contributed by atoms with Gasteiger partial charge in [-0.3, -0.25) is 4.79 Å². The molecule has 4 heteroatoms. The molecule has 0 fully saturated rings. The lowest BCUT2D eigenvalue weighted by molar-refractivity contribution is 0.626. The molecule has 82 valence electrons. The Bertz CT molecular complexity index is 565. The molecule has 0 saturated heterocycles. The Kier molecular flexibility index (Phi) is 3.06. The number of hydrogen-bond donors (Lipinski definition) is 0. The van der Waals surface area contributed by atoms with E-state index < -0.39 is 0 Å². The van der Waals surface area contributed by atoms with Gasteiger partial charge in [-0.05, 0) is 23.8 Å². The summed E-state index contributed by atoms with van der Waals surface area (Å²) in [7, 11) is 0. The van der Waals surface area contributed by atoms with Gasteiger partial charge in [0.1, 0.15) is 5.82 Å². The molecular formula is C12H9ClFNO. The van der Waals surface area contributed by atoms with Crippen LogP contribution in [0.3, 0.4) is 0 Å². The molecule has 0 N–H and O–H groups in total. The van der Waals surface area contributed by atoms with Gasteiger partial charge in [0.2, 0.25) is 0 Å². The van der Waals surface area contributed by atoms with Crippen LogP contribution in [0.4, 0.5) is 4.39 Å². The largest absolute Gasteiger partial charge is 0.311 e. The van der Waals surface area contributed by atoms with Crippen molar-refractivity contribution in [3.63, 3.8) is 0 Å². The van der Waals surface area contributed by atoms with Gasteiger partial charge >= 0.3 is 0 Å². The van der Waals surface area contributed by atoms with Crippen LogP contribution >= 0.6 is 11.6 Å². The zero-order chi connectivity index (χ0) is 11.5. The molecule has 0 aliphatic carbocycles. The number of nitrogens with zero attached hydrogens (tertiary/aromatic N) is 1. The number of rotatable bonds is 2. The van der Waals surface area contributed by atoms with Crippen LogP contribution in [-0.4, -0.2) is 4.57 Å². The lowest BCUT2D eigenvalue weighted by atomic mass is 10.2. The Morgan fingerprint density at radius 1 is 1.25 bits per heavy atom. The number of aromatic nitrogens is 1. The fourth-order valence-electron chi connectivity index (χ4n) is 1.42. The van der Waals surface area contributed by atoms with E-state index >= 15 is 0 Å². The van der Waals surface area contributed by atoms with Crippen molar-refractivity contribution in [1.29, 1.82) is 0 Å². The van der Waals surface area contributed by atoms with E-state index in [2.05, 4.69) is 0 Å². The third-order valence-electron chi connectivity index (χ3n) is 2.25. The molecule has 0 atom stereocenters. The SMILES string of the molecule is O=c1ccccn1Cc1ccc(F)cc1Cl. The monoisotopic (exact) mass is 237 g/mol. The molecule has 16 heavy (non-hydrogen) atoms. The smallest absolute Gasteiger partial charge is 0.250 e. The van der Waals surface area contributed by atoms with Gasteiger partial charge < -0.3 is 4.57 Å². The fourth-order valence-corrected chi connectivity index (χ4v) is 1.65. The second kappa shape index (κ2) is 4.49. The summed E-state index contributed by atoms with van der Waals surface area (Å²) in [6.07, 6.45) is 1.67. The van der Waals surface area contributed by atoms with Crippen LogP contribution in [-0.2, 0) is 6.54 Å². The first-order valence-electron chi connectivity index (χ1n) is 4.76. The van der Waals surface area contributed by atoms with Crippen LogP contribution in [0.2, 0.25) is 5.02 Å². The Labute approximate surface area is 96.9 Å². The van der Waals surface area contributed by atoms with Gasteiger partial charge in [-0.2, -0.15) is 0 Å². The minimum absolute atomic E-state index is 0.108. The summed E-state index contributed by atoms with van der Waals surface area (Å²) >= 11 is 5.88. The normalized spacial score (nSPS) is 10.4. The second-order valence-electron chi connectivity index (χ2n) is 3.40. The van der Waals surface area contributed by atoms with Crippen LogP contribution in [0.15, 0.2) is 47.4 Å². The van der Waals surface area contributed by atoms with E-state index in [4.69, 9.17) is 11.6 Å². The van der Waals surface area contributed by atoms with Crippen LogP contribution < -0.4 is 5.56 Å². The third kappa shape index (κ3) is 2.31. The highest BCUT2D eigenvalue weighted by atomic mass is 35.5. The highest BCUT2D eigenvalue weighted by Crippen LogP contribution is 2.17. The fraction of sp³-hybridized carbons (Fsp3) is 0.0833. The van der Waals surface area contributed by atoms with Gasteiger partial charge in [-0.15, -0.1) is 0 Å². The molecule has 2 rings (SSSR count). The highest BCUT2D eigenvalue weighted by Gasteiger charge is 2.03. The highest BCUT2D eigenvalue weighted by molar-refractivity contribution is 6.31. The first-order valence-corrected chi connectivity index (χ1v) is 5.14. The number of hydrogen-bond acceptors (Lipinski definition) is 1. The van der Waals surface area contributed by atoms with Crippen LogP contribution in [0.1, 0.15) is 5.56 Å². The van der Waals surface area contributed by atoms with Gasteiger partial charge in [0, 0.05) is 17.3 Å². The zero-order valence-electron chi connectivity index (χ0n) is 8.36. The van der Waals surface area contributed by atoms with Crippen molar-refractivity contribution < 1.29 is 4.39 Å². The lowest BCUT2D eigenvalue weighted by Gasteiger charge is -2.06. The maximum atomic E-state index is 12.8. The van der Waals surface area contributed by atoms with E-state index in [1.807, 2.05) is 0 Å². The summed E-state index contributed by atoms with van der Waals surface area (Å²) in [5.41, 5.74) is 0.610. The summed E-state index contributed by atoms with van der Waals surface area (Å²) in [5, 5.41) is 0.329. The average molecular weight is 238 g/mol. The first-order chi connectivity index (χ1) is 7.66. The second-order valence-corrected chi connectivity index (χ2v) is 3.81. The molecular weight excluding hydrogens is 229 g/mol. The number of pyridine rings is 1. The van der Waals surface area contributed by atoms with E-state index in [1.54, 1.807) is 24.4 Å². The summed E-state index contributed by atoms with van der Waals surface area (Å²) in [6.45, 7) is 0.346.